The summed E-state index contributed by atoms with van der Waals surface area (Å²) in [7, 11) is 0. The van der Waals surface area contributed by atoms with Gasteiger partial charge in [-0.1, -0.05) is 25.3 Å². The number of hydrogen-bond donors (Lipinski definition) is 1. The Morgan fingerprint density at radius 2 is 1.92 bits per heavy atom. The topological polar surface area (TPSA) is 173 Å². The monoisotopic (exact) mass is 562 g/mol. The molecular weight excluding hydrogens is 532 g/mol. The fourth-order valence-corrected chi connectivity index (χ4v) is 4.24. The maximum atomic E-state index is 13.2. The fourth-order valence-electron chi connectivity index (χ4n) is 3.70. The predicted octanol–water partition coefficient (Wildman–Crippen LogP) is 1.95. The number of nitrogens with zero attached hydrogens (tertiary/aromatic N) is 3. The second-order valence-electron chi connectivity index (χ2n) is 9.25. The Kier molecular flexibility index (Phi) is 9.67. The first-order valence-electron chi connectivity index (χ1n) is 12.3. The number of cyclic esters (lactones) is 2. The number of aromatic nitrogens is 3. The smallest absolute Gasteiger partial charge is 0.357 e. The Morgan fingerprint density at radius 3 is 2.54 bits per heavy atom. The quantitative estimate of drug-likeness (QED) is 0.384. The van der Waals surface area contributed by atoms with E-state index in [2.05, 4.69) is 19.9 Å². The van der Waals surface area contributed by atoms with Crippen LogP contribution in [0.4, 0.5) is 0 Å². The standard InChI is InChI=1S/C25H30N4O9S/c1-7-15-19(38-22(31)11(2)3)14(6)36-24(33)16(10-35-23(15)32)27-21(30)17-18(12(4)8-9-26-17)37-25(34)20-13(5)28-29-39-20/h8-9,11,14-16,19H,7,10H2,1-6H3,(H,27,30)/t14-,15+,16-,19-/m0/s1. The second-order valence-corrected chi connectivity index (χ2v) is 10.0. The summed E-state index contributed by atoms with van der Waals surface area (Å²) < 4.78 is 25.5. The van der Waals surface area contributed by atoms with Crippen LogP contribution in [0.25, 0.3) is 0 Å². The SMILES string of the molecule is CC[C@H]1C(=O)OC[C@H](NC(=O)c2nccc(C)c2OC(=O)c2snnc2C)C(=O)O[C@@H](C)[C@@H]1OC(=O)C(C)C. The Bertz CT molecular complexity index is 1260. The lowest BCUT2D eigenvalue weighted by atomic mass is 9.95. The van der Waals surface area contributed by atoms with Crippen molar-refractivity contribution >= 4 is 41.3 Å². The molecule has 4 atom stereocenters. The highest BCUT2D eigenvalue weighted by atomic mass is 32.1. The summed E-state index contributed by atoms with van der Waals surface area (Å²) in [6.45, 7) is 9.14. The van der Waals surface area contributed by atoms with E-state index in [0.717, 1.165) is 11.5 Å². The van der Waals surface area contributed by atoms with Gasteiger partial charge < -0.3 is 24.3 Å². The molecule has 0 unspecified atom stereocenters. The number of nitrogens with one attached hydrogen (secondary N) is 1. The molecule has 39 heavy (non-hydrogen) atoms. The summed E-state index contributed by atoms with van der Waals surface area (Å²) in [5.74, 6) is -5.31. The Hall–Kier alpha value is -3.94. The van der Waals surface area contributed by atoms with E-state index in [1.807, 2.05) is 0 Å². The molecule has 2 aromatic heterocycles. The molecule has 14 heteroatoms. The van der Waals surface area contributed by atoms with Crippen molar-refractivity contribution in [3.8, 4) is 5.75 Å². The van der Waals surface area contributed by atoms with Crippen LogP contribution >= 0.6 is 11.5 Å². The van der Waals surface area contributed by atoms with Crippen LogP contribution in [-0.2, 0) is 28.6 Å². The summed E-state index contributed by atoms with van der Waals surface area (Å²) in [6, 6.07) is 0.123. The van der Waals surface area contributed by atoms with E-state index in [4.69, 9.17) is 18.9 Å². The molecule has 1 aliphatic heterocycles. The minimum Gasteiger partial charge on any atom is -0.463 e. The van der Waals surface area contributed by atoms with Gasteiger partial charge in [0.1, 0.15) is 12.7 Å². The van der Waals surface area contributed by atoms with Crippen molar-refractivity contribution in [1.82, 2.24) is 19.9 Å². The Morgan fingerprint density at radius 1 is 1.21 bits per heavy atom. The lowest BCUT2D eigenvalue weighted by Gasteiger charge is -2.29. The molecule has 0 saturated carbocycles. The van der Waals surface area contributed by atoms with Crippen molar-refractivity contribution in [2.45, 2.75) is 66.2 Å². The van der Waals surface area contributed by atoms with Crippen molar-refractivity contribution in [3.05, 3.63) is 34.1 Å². The largest absolute Gasteiger partial charge is 0.463 e. The minimum atomic E-state index is -1.42. The van der Waals surface area contributed by atoms with E-state index in [-0.39, 0.29) is 22.7 Å². The second kappa shape index (κ2) is 12.7. The van der Waals surface area contributed by atoms with Gasteiger partial charge in [0, 0.05) is 6.20 Å². The van der Waals surface area contributed by atoms with Crippen molar-refractivity contribution in [2.24, 2.45) is 11.8 Å². The molecular formula is C25H30N4O9S. The molecule has 1 N–H and O–H groups in total. The van der Waals surface area contributed by atoms with Gasteiger partial charge in [-0.25, -0.2) is 14.6 Å². The zero-order valence-corrected chi connectivity index (χ0v) is 23.2. The van der Waals surface area contributed by atoms with Crippen LogP contribution in [0.3, 0.4) is 0 Å². The van der Waals surface area contributed by atoms with Gasteiger partial charge in [-0.2, -0.15) is 0 Å². The van der Waals surface area contributed by atoms with Crippen LogP contribution < -0.4 is 10.1 Å². The van der Waals surface area contributed by atoms with Gasteiger partial charge in [0.15, 0.2) is 28.5 Å². The first-order chi connectivity index (χ1) is 18.4. The fraction of sp³-hybridized carbons (Fsp3) is 0.520. The van der Waals surface area contributed by atoms with Crippen molar-refractivity contribution in [1.29, 1.82) is 0 Å². The molecule has 0 bridgehead atoms. The van der Waals surface area contributed by atoms with Gasteiger partial charge in [-0.15, -0.1) is 5.10 Å². The third-order valence-corrected chi connectivity index (χ3v) is 6.77. The van der Waals surface area contributed by atoms with Crippen LogP contribution in [0, 0.1) is 25.7 Å². The molecule has 0 aromatic carbocycles. The summed E-state index contributed by atoms with van der Waals surface area (Å²) in [5, 5.41) is 6.22. The van der Waals surface area contributed by atoms with Crippen molar-refractivity contribution in [3.63, 3.8) is 0 Å². The predicted molar refractivity (Wildman–Crippen MR) is 135 cm³/mol. The van der Waals surface area contributed by atoms with E-state index in [1.165, 1.54) is 13.1 Å². The number of amides is 1. The Labute approximate surface area is 228 Å². The van der Waals surface area contributed by atoms with Crippen LogP contribution in [-0.4, -0.2) is 69.2 Å². The first-order valence-corrected chi connectivity index (χ1v) is 13.1. The average Bonchev–Trinajstić information content (AvgIpc) is 3.33. The third kappa shape index (κ3) is 6.93. The number of carbonyl (C=O) groups is 5. The van der Waals surface area contributed by atoms with Gasteiger partial charge in [-0.3, -0.25) is 14.4 Å². The van der Waals surface area contributed by atoms with Crippen molar-refractivity contribution < 1.29 is 42.9 Å². The minimum absolute atomic E-state index is 0.124. The van der Waals surface area contributed by atoms with Crippen LogP contribution in [0.2, 0.25) is 0 Å². The molecule has 1 aliphatic rings. The summed E-state index contributed by atoms with van der Waals surface area (Å²) in [5.41, 5.74) is 0.515. The molecule has 3 rings (SSSR count). The molecule has 2 aromatic rings. The van der Waals surface area contributed by atoms with E-state index >= 15 is 0 Å². The highest BCUT2D eigenvalue weighted by molar-refractivity contribution is 7.07. The lowest BCUT2D eigenvalue weighted by molar-refractivity contribution is -0.176. The Balaban J connectivity index is 1.83. The summed E-state index contributed by atoms with van der Waals surface area (Å²) in [6.07, 6.45) is -0.501. The summed E-state index contributed by atoms with van der Waals surface area (Å²) in [4.78, 5) is 68.2. The highest BCUT2D eigenvalue weighted by Crippen LogP contribution is 2.26. The molecule has 1 fully saturated rings. The van der Waals surface area contributed by atoms with E-state index in [0.29, 0.717) is 11.3 Å². The lowest BCUT2D eigenvalue weighted by Crippen LogP contribution is -2.47. The zero-order chi connectivity index (χ0) is 28.9. The average molecular weight is 563 g/mol. The van der Waals surface area contributed by atoms with Crippen LogP contribution in [0.15, 0.2) is 12.3 Å². The normalized spacial score (nSPS) is 21.6. The molecule has 3 heterocycles. The van der Waals surface area contributed by atoms with E-state index in [9.17, 15) is 24.0 Å². The zero-order valence-electron chi connectivity index (χ0n) is 22.4. The van der Waals surface area contributed by atoms with E-state index < -0.39 is 66.5 Å². The van der Waals surface area contributed by atoms with Gasteiger partial charge in [0.2, 0.25) is 0 Å². The maximum absolute atomic E-state index is 13.2. The molecule has 1 amide bonds. The maximum Gasteiger partial charge on any atom is 0.357 e. The first kappa shape index (κ1) is 29.6. The molecule has 0 aliphatic carbocycles. The number of pyridine rings is 1. The van der Waals surface area contributed by atoms with E-state index in [1.54, 1.807) is 40.7 Å². The number of hydrogen-bond acceptors (Lipinski definition) is 13. The van der Waals surface area contributed by atoms with Crippen molar-refractivity contribution in [2.75, 3.05) is 6.61 Å². The molecule has 210 valence electrons. The summed E-state index contributed by atoms with van der Waals surface area (Å²) >= 11 is 0.842. The van der Waals surface area contributed by atoms with Gasteiger partial charge in [0.05, 0.1) is 17.5 Å². The third-order valence-electron chi connectivity index (χ3n) is 5.96. The molecule has 0 radical (unpaired) electrons. The molecule has 0 spiro atoms. The number of rotatable bonds is 7. The van der Waals surface area contributed by atoms with Gasteiger partial charge in [0.25, 0.3) is 5.91 Å². The number of aryl methyl sites for hydroxylation is 2. The van der Waals surface area contributed by atoms with Crippen LogP contribution in [0.1, 0.15) is 65.5 Å². The van der Waals surface area contributed by atoms with Gasteiger partial charge >= 0.3 is 23.9 Å². The number of carbonyl (C=O) groups excluding carboxylic acids is 5. The number of ether oxygens (including phenoxy) is 4. The highest BCUT2D eigenvalue weighted by Gasteiger charge is 2.41. The molecule has 13 nitrogen and oxygen atoms in total. The van der Waals surface area contributed by atoms with Crippen LogP contribution in [0.5, 0.6) is 5.75 Å². The molecule has 1 saturated heterocycles. The number of esters is 4. The van der Waals surface area contributed by atoms with Gasteiger partial charge in [-0.05, 0) is 50.4 Å².